The molecule has 2 aromatic carbocycles. The molecule has 23 heavy (non-hydrogen) atoms. The van der Waals surface area contributed by atoms with Gasteiger partial charge in [0.05, 0.1) is 14.7 Å². The molecule has 4 heteroatoms. The first-order valence-electron chi connectivity index (χ1n) is 7.31. The average molecular weight is 359 g/mol. The third kappa shape index (κ3) is 3.74. The Labute approximate surface area is 149 Å². The van der Waals surface area contributed by atoms with Crippen molar-refractivity contribution >= 4 is 52.6 Å². The second kappa shape index (κ2) is 7.43. The van der Waals surface area contributed by atoms with Crippen LogP contribution >= 0.6 is 35.1 Å². The number of hydrogen-bond donors (Lipinski definition) is 0. The van der Waals surface area contributed by atoms with E-state index in [2.05, 4.69) is 6.92 Å². The summed E-state index contributed by atoms with van der Waals surface area (Å²) in [5, 5.41) is 0.678. The summed E-state index contributed by atoms with van der Waals surface area (Å²) >= 11 is 9.24. The minimum absolute atomic E-state index is 0.0946. The molecule has 0 unspecified atom stereocenters. The maximum absolute atomic E-state index is 12.9. The molecule has 0 radical (unpaired) electrons. The fourth-order valence-electron chi connectivity index (χ4n) is 2.31. The number of thioether (sulfide) groups is 2. The Kier molecular flexibility index (Phi) is 5.31. The summed E-state index contributed by atoms with van der Waals surface area (Å²) in [5.74, 6) is 1.03. The average Bonchev–Trinajstić information content (AvgIpc) is 2.86. The zero-order chi connectivity index (χ0) is 16.2. The number of carbonyl (C=O) groups is 1. The minimum Gasteiger partial charge on any atom is -0.288 e. The number of hydrogen-bond acceptors (Lipinski definition) is 3. The van der Waals surface area contributed by atoms with Crippen molar-refractivity contribution in [3.63, 3.8) is 0 Å². The van der Waals surface area contributed by atoms with Gasteiger partial charge in [-0.25, -0.2) is 0 Å². The van der Waals surface area contributed by atoms with Gasteiger partial charge >= 0.3 is 0 Å². The molecule has 0 N–H and O–H groups in total. The van der Waals surface area contributed by atoms with Crippen LogP contribution in [0.3, 0.4) is 0 Å². The highest BCUT2D eigenvalue weighted by Crippen LogP contribution is 2.48. The van der Waals surface area contributed by atoms with E-state index in [-0.39, 0.29) is 5.78 Å². The zero-order valence-corrected chi connectivity index (χ0v) is 15.0. The molecule has 0 atom stereocenters. The largest absolute Gasteiger partial charge is 0.288 e. The fraction of sp³-hybridized carbons (Fsp3) is 0.105. The second-order valence-corrected chi connectivity index (χ2v) is 7.97. The molecule has 0 spiro atoms. The number of carbonyl (C=O) groups excluding carboxylic acids is 1. The second-order valence-electron chi connectivity index (χ2n) is 4.95. The summed E-state index contributed by atoms with van der Waals surface area (Å²) in [6.45, 7) is 2.10. The van der Waals surface area contributed by atoms with Crippen LogP contribution in [0.1, 0.15) is 18.1 Å². The predicted molar refractivity (Wildman–Crippen MR) is 104 cm³/mol. The molecule has 1 nitrogen and oxygen atoms in total. The van der Waals surface area contributed by atoms with Crippen molar-refractivity contribution in [1.29, 1.82) is 0 Å². The number of halogens is 1. The summed E-state index contributed by atoms with van der Waals surface area (Å²) in [4.78, 5) is 13.7. The lowest BCUT2D eigenvalue weighted by Gasteiger charge is -2.04. The highest BCUT2D eigenvalue weighted by Gasteiger charge is 2.30. The van der Waals surface area contributed by atoms with Crippen LogP contribution in [0.5, 0.6) is 0 Å². The topological polar surface area (TPSA) is 17.1 Å². The Morgan fingerprint density at radius 3 is 2.43 bits per heavy atom. The Morgan fingerprint density at radius 1 is 1.09 bits per heavy atom. The quantitative estimate of drug-likeness (QED) is 0.613. The molecule has 0 fully saturated rings. The molecule has 1 aliphatic rings. The molecule has 0 saturated carbocycles. The molecule has 1 aliphatic heterocycles. The van der Waals surface area contributed by atoms with Crippen LogP contribution in [0.25, 0.3) is 11.6 Å². The first-order valence-corrected chi connectivity index (χ1v) is 9.49. The molecule has 0 saturated heterocycles. The molecular formula is C19H15ClOS2. The Hall–Kier alpha value is -1.42. The van der Waals surface area contributed by atoms with Crippen molar-refractivity contribution in [2.45, 2.75) is 6.92 Å². The van der Waals surface area contributed by atoms with Crippen LogP contribution in [0.2, 0.25) is 5.02 Å². The Bertz CT molecular complexity index is 777. The van der Waals surface area contributed by atoms with Crippen LogP contribution in [0, 0.1) is 0 Å². The van der Waals surface area contributed by atoms with Gasteiger partial charge in [0.15, 0.2) is 0 Å². The van der Waals surface area contributed by atoms with Gasteiger partial charge in [-0.05, 0) is 35.1 Å². The fourth-order valence-corrected chi connectivity index (χ4v) is 4.81. The molecule has 0 aromatic heterocycles. The summed E-state index contributed by atoms with van der Waals surface area (Å²) in [6, 6.07) is 17.4. The smallest absolute Gasteiger partial charge is 0.202 e. The van der Waals surface area contributed by atoms with Crippen LogP contribution in [0.4, 0.5) is 0 Å². The summed E-state index contributed by atoms with van der Waals surface area (Å²) in [5.41, 5.74) is 2.77. The number of benzene rings is 2. The van der Waals surface area contributed by atoms with Crippen molar-refractivity contribution in [2.75, 3.05) is 5.75 Å². The summed E-state index contributed by atoms with van der Waals surface area (Å²) in [7, 11) is 0. The lowest BCUT2D eigenvalue weighted by atomic mass is 10.0. The zero-order valence-electron chi connectivity index (χ0n) is 12.6. The van der Waals surface area contributed by atoms with Crippen LogP contribution in [-0.2, 0) is 4.79 Å². The van der Waals surface area contributed by atoms with Gasteiger partial charge in [0, 0.05) is 5.02 Å². The van der Waals surface area contributed by atoms with Gasteiger partial charge in [-0.2, -0.15) is 0 Å². The lowest BCUT2D eigenvalue weighted by Crippen LogP contribution is -1.98. The Morgan fingerprint density at radius 2 is 1.78 bits per heavy atom. The van der Waals surface area contributed by atoms with E-state index in [1.165, 1.54) is 0 Å². The third-order valence-electron chi connectivity index (χ3n) is 3.36. The number of allylic oxidation sites excluding steroid dienone is 2. The molecular weight excluding hydrogens is 344 g/mol. The molecule has 116 valence electrons. The van der Waals surface area contributed by atoms with Gasteiger partial charge in [-0.3, -0.25) is 4.79 Å². The van der Waals surface area contributed by atoms with Gasteiger partial charge in [-0.1, -0.05) is 72.8 Å². The van der Waals surface area contributed by atoms with Gasteiger partial charge in [-0.15, -0.1) is 11.8 Å². The van der Waals surface area contributed by atoms with Gasteiger partial charge < -0.3 is 0 Å². The maximum atomic E-state index is 12.9. The molecule has 0 amide bonds. The van der Waals surface area contributed by atoms with Gasteiger partial charge in [0.1, 0.15) is 0 Å². The van der Waals surface area contributed by atoms with E-state index in [0.717, 1.165) is 31.6 Å². The number of ketones is 1. The van der Waals surface area contributed by atoms with E-state index in [4.69, 9.17) is 11.6 Å². The highest BCUT2D eigenvalue weighted by molar-refractivity contribution is 8.25. The molecule has 0 bridgehead atoms. The van der Waals surface area contributed by atoms with Crippen molar-refractivity contribution in [2.24, 2.45) is 0 Å². The van der Waals surface area contributed by atoms with Crippen molar-refractivity contribution in [1.82, 2.24) is 0 Å². The van der Waals surface area contributed by atoms with Crippen molar-refractivity contribution in [3.8, 4) is 0 Å². The van der Waals surface area contributed by atoms with E-state index in [1.54, 1.807) is 23.5 Å². The normalized spacial score (nSPS) is 16.4. The molecule has 3 rings (SSSR count). The maximum Gasteiger partial charge on any atom is 0.202 e. The predicted octanol–water partition coefficient (Wildman–Crippen LogP) is 6.12. The van der Waals surface area contributed by atoms with E-state index in [9.17, 15) is 4.79 Å². The highest BCUT2D eigenvalue weighted by atomic mass is 35.5. The molecule has 0 aliphatic carbocycles. The monoisotopic (exact) mass is 358 g/mol. The summed E-state index contributed by atoms with van der Waals surface area (Å²) < 4.78 is 1.07. The minimum atomic E-state index is 0.0946. The number of Topliss-reactive ketones (excluding diaryl/α,β-unsaturated/α-hetero) is 1. The van der Waals surface area contributed by atoms with E-state index < -0.39 is 0 Å². The lowest BCUT2D eigenvalue weighted by molar-refractivity contribution is -0.109. The van der Waals surface area contributed by atoms with Gasteiger partial charge in [0.25, 0.3) is 0 Å². The molecule has 2 aromatic rings. The van der Waals surface area contributed by atoms with Crippen LogP contribution in [-0.4, -0.2) is 11.5 Å². The number of rotatable bonds is 4. The van der Waals surface area contributed by atoms with Crippen molar-refractivity contribution < 1.29 is 4.79 Å². The standard InChI is InChI=1S/C19H15ClOS2/c1-2-22-19-17(14-8-10-15(20)11-9-14)18(21)16(23-19)12-13-6-4-3-5-7-13/h3-12H,2H2,1H3/b16-12-. The Balaban J connectivity index is 1.98. The van der Waals surface area contributed by atoms with Gasteiger partial charge in [0.2, 0.25) is 5.78 Å². The third-order valence-corrected chi connectivity index (χ3v) is 5.89. The SMILES string of the molecule is CCSC1=C(c2ccc(Cl)cc2)C(=O)/C(=C/c2ccccc2)S1. The van der Waals surface area contributed by atoms with E-state index in [0.29, 0.717) is 5.02 Å². The molecule has 1 heterocycles. The first kappa shape index (κ1) is 16.4. The van der Waals surface area contributed by atoms with E-state index >= 15 is 0 Å². The van der Waals surface area contributed by atoms with Crippen LogP contribution < -0.4 is 0 Å². The van der Waals surface area contributed by atoms with Crippen molar-refractivity contribution in [3.05, 3.63) is 79.9 Å². The van der Waals surface area contributed by atoms with E-state index in [1.807, 2.05) is 60.7 Å². The summed E-state index contributed by atoms with van der Waals surface area (Å²) in [6.07, 6.45) is 1.96. The van der Waals surface area contributed by atoms with Crippen LogP contribution in [0.15, 0.2) is 63.7 Å². The first-order chi connectivity index (χ1) is 11.2.